The number of carbonyl (C=O) groups excluding carboxylic acids is 3. The molecular formula is C19H25N3O3. The van der Waals surface area contributed by atoms with Crippen LogP contribution in [0.5, 0.6) is 0 Å². The number of amides is 4. The molecule has 1 aliphatic carbocycles. The van der Waals surface area contributed by atoms with E-state index in [4.69, 9.17) is 0 Å². The molecule has 6 nitrogen and oxygen atoms in total. The number of aryl methyl sites for hydroxylation is 1. The molecule has 1 aromatic carbocycles. The summed E-state index contributed by atoms with van der Waals surface area (Å²) in [6, 6.07) is 7.10. The fraction of sp³-hybridized carbons (Fsp3) is 0.526. The Hall–Kier alpha value is -2.37. The van der Waals surface area contributed by atoms with Crippen LogP contribution in [0.2, 0.25) is 0 Å². The zero-order valence-electron chi connectivity index (χ0n) is 14.6. The maximum absolute atomic E-state index is 12.8. The molecule has 134 valence electrons. The molecule has 0 unspecified atom stereocenters. The number of benzene rings is 1. The molecule has 2 fully saturated rings. The van der Waals surface area contributed by atoms with Gasteiger partial charge in [-0.05, 0) is 37.0 Å². The Morgan fingerprint density at radius 3 is 2.36 bits per heavy atom. The molecule has 2 aliphatic rings. The molecule has 1 aromatic rings. The lowest BCUT2D eigenvalue weighted by molar-refractivity contribution is -0.134. The van der Waals surface area contributed by atoms with Gasteiger partial charge >= 0.3 is 6.03 Å². The fourth-order valence-electron chi connectivity index (χ4n) is 3.66. The van der Waals surface area contributed by atoms with Crippen molar-refractivity contribution < 1.29 is 14.4 Å². The van der Waals surface area contributed by atoms with Crippen molar-refractivity contribution in [2.24, 2.45) is 0 Å². The van der Waals surface area contributed by atoms with Gasteiger partial charge in [-0.15, -0.1) is 0 Å². The van der Waals surface area contributed by atoms with Crippen molar-refractivity contribution in [1.82, 2.24) is 10.2 Å². The number of nitrogens with one attached hydrogen (secondary N) is 2. The molecule has 3 rings (SSSR count). The van der Waals surface area contributed by atoms with Crippen molar-refractivity contribution in [3.63, 3.8) is 0 Å². The average molecular weight is 343 g/mol. The van der Waals surface area contributed by atoms with Crippen molar-refractivity contribution in [1.29, 1.82) is 0 Å². The van der Waals surface area contributed by atoms with Crippen LogP contribution in [0.4, 0.5) is 10.5 Å². The SMILES string of the molecule is CCc1ccc(NC(=O)CN2C(=O)NC3(CCCCCC3)C2=O)cc1. The summed E-state index contributed by atoms with van der Waals surface area (Å²) in [7, 11) is 0. The summed E-state index contributed by atoms with van der Waals surface area (Å²) in [5.41, 5.74) is 1.05. The Kier molecular flexibility index (Phi) is 5.06. The Bertz CT molecular complexity index is 661. The minimum absolute atomic E-state index is 0.248. The first-order valence-electron chi connectivity index (χ1n) is 9.07. The molecule has 4 amide bonds. The van der Waals surface area contributed by atoms with E-state index < -0.39 is 11.6 Å². The molecule has 1 spiro atoms. The van der Waals surface area contributed by atoms with Gasteiger partial charge in [0.15, 0.2) is 0 Å². The molecule has 1 heterocycles. The molecule has 0 bridgehead atoms. The smallest absolute Gasteiger partial charge is 0.325 e. The zero-order chi connectivity index (χ0) is 17.9. The highest BCUT2D eigenvalue weighted by molar-refractivity contribution is 6.10. The molecule has 0 atom stereocenters. The highest BCUT2D eigenvalue weighted by atomic mass is 16.2. The second-order valence-electron chi connectivity index (χ2n) is 6.92. The summed E-state index contributed by atoms with van der Waals surface area (Å²) in [6.07, 6.45) is 6.27. The third-order valence-corrected chi connectivity index (χ3v) is 5.15. The van der Waals surface area contributed by atoms with Gasteiger partial charge in [0.25, 0.3) is 5.91 Å². The molecule has 6 heteroatoms. The van der Waals surface area contributed by atoms with E-state index in [9.17, 15) is 14.4 Å². The van der Waals surface area contributed by atoms with E-state index in [1.54, 1.807) is 0 Å². The number of imide groups is 1. The third kappa shape index (κ3) is 3.67. The summed E-state index contributed by atoms with van der Waals surface area (Å²) in [6.45, 7) is 1.82. The van der Waals surface area contributed by atoms with Gasteiger partial charge in [0.05, 0.1) is 0 Å². The predicted octanol–water partition coefficient (Wildman–Crippen LogP) is 2.83. The Labute approximate surface area is 148 Å². The molecule has 1 saturated heterocycles. The van der Waals surface area contributed by atoms with E-state index in [0.29, 0.717) is 18.5 Å². The quantitative estimate of drug-likeness (QED) is 0.825. The summed E-state index contributed by atoms with van der Waals surface area (Å²) in [4.78, 5) is 38.4. The normalized spacial score (nSPS) is 19.6. The zero-order valence-corrected chi connectivity index (χ0v) is 14.6. The maximum atomic E-state index is 12.8. The second kappa shape index (κ2) is 7.25. The van der Waals surface area contributed by atoms with E-state index in [0.717, 1.165) is 37.0 Å². The third-order valence-electron chi connectivity index (χ3n) is 5.15. The highest BCUT2D eigenvalue weighted by Crippen LogP contribution is 2.32. The van der Waals surface area contributed by atoms with Gasteiger partial charge < -0.3 is 10.6 Å². The molecule has 2 N–H and O–H groups in total. The van der Waals surface area contributed by atoms with E-state index in [1.165, 1.54) is 5.56 Å². The molecular weight excluding hydrogens is 318 g/mol. The molecule has 1 aliphatic heterocycles. The Morgan fingerprint density at radius 1 is 1.12 bits per heavy atom. The molecule has 1 saturated carbocycles. The van der Waals surface area contributed by atoms with Crippen molar-refractivity contribution in [3.8, 4) is 0 Å². The first kappa shape index (κ1) is 17.5. The van der Waals surface area contributed by atoms with Crippen LogP contribution in [0.25, 0.3) is 0 Å². The monoisotopic (exact) mass is 343 g/mol. The molecule has 0 aromatic heterocycles. The lowest BCUT2D eigenvalue weighted by Gasteiger charge is -2.24. The van der Waals surface area contributed by atoms with E-state index in [-0.39, 0.29) is 18.4 Å². The van der Waals surface area contributed by atoms with Crippen LogP contribution in [0.1, 0.15) is 51.0 Å². The lowest BCUT2D eigenvalue weighted by atomic mass is 9.90. The predicted molar refractivity (Wildman–Crippen MR) is 95.1 cm³/mol. The topological polar surface area (TPSA) is 78.5 Å². The average Bonchev–Trinajstić information content (AvgIpc) is 2.77. The molecule has 0 radical (unpaired) electrons. The van der Waals surface area contributed by atoms with Gasteiger partial charge in [-0.2, -0.15) is 0 Å². The summed E-state index contributed by atoms with van der Waals surface area (Å²) in [5.74, 6) is -0.616. The van der Waals surface area contributed by atoms with Gasteiger partial charge in [-0.25, -0.2) is 4.79 Å². The van der Waals surface area contributed by atoms with E-state index in [2.05, 4.69) is 17.6 Å². The van der Waals surface area contributed by atoms with E-state index in [1.807, 2.05) is 24.3 Å². The summed E-state index contributed by atoms with van der Waals surface area (Å²) < 4.78 is 0. The van der Waals surface area contributed by atoms with Crippen LogP contribution in [0.3, 0.4) is 0 Å². The van der Waals surface area contributed by atoms with Crippen molar-refractivity contribution in [2.75, 3.05) is 11.9 Å². The van der Waals surface area contributed by atoms with Gasteiger partial charge in [-0.3, -0.25) is 14.5 Å². The second-order valence-corrected chi connectivity index (χ2v) is 6.92. The summed E-state index contributed by atoms with van der Waals surface area (Å²) >= 11 is 0. The van der Waals surface area contributed by atoms with Gasteiger partial charge in [0.2, 0.25) is 5.91 Å². The number of hydrogen-bond acceptors (Lipinski definition) is 3. The number of urea groups is 1. The number of rotatable bonds is 4. The summed E-state index contributed by atoms with van der Waals surface area (Å²) in [5, 5.41) is 5.60. The standard InChI is InChI=1S/C19H25N3O3/c1-2-14-7-9-15(10-8-14)20-16(23)13-22-17(24)19(21-18(22)25)11-5-3-4-6-12-19/h7-10H,2-6,11-13H2,1H3,(H,20,23)(H,21,25). The lowest BCUT2D eigenvalue weighted by Crippen LogP contribution is -2.47. The van der Waals surface area contributed by atoms with Crippen molar-refractivity contribution in [3.05, 3.63) is 29.8 Å². The van der Waals surface area contributed by atoms with Gasteiger partial charge in [0.1, 0.15) is 12.1 Å². The highest BCUT2D eigenvalue weighted by Gasteiger charge is 2.51. The van der Waals surface area contributed by atoms with Crippen LogP contribution >= 0.6 is 0 Å². The Balaban J connectivity index is 1.64. The number of nitrogens with zero attached hydrogens (tertiary/aromatic N) is 1. The van der Waals surface area contributed by atoms with Crippen LogP contribution in [0.15, 0.2) is 24.3 Å². The molecule has 25 heavy (non-hydrogen) atoms. The minimum Gasteiger partial charge on any atom is -0.325 e. The van der Waals surface area contributed by atoms with Crippen LogP contribution in [-0.4, -0.2) is 34.8 Å². The largest absolute Gasteiger partial charge is 0.325 e. The van der Waals surface area contributed by atoms with E-state index >= 15 is 0 Å². The van der Waals surface area contributed by atoms with Crippen LogP contribution in [0, 0.1) is 0 Å². The fourth-order valence-corrected chi connectivity index (χ4v) is 3.66. The first-order valence-corrected chi connectivity index (χ1v) is 9.07. The minimum atomic E-state index is -0.795. The maximum Gasteiger partial charge on any atom is 0.325 e. The van der Waals surface area contributed by atoms with Gasteiger partial charge in [-0.1, -0.05) is 44.7 Å². The number of hydrogen-bond donors (Lipinski definition) is 2. The van der Waals surface area contributed by atoms with Crippen LogP contribution in [-0.2, 0) is 16.0 Å². The van der Waals surface area contributed by atoms with Crippen molar-refractivity contribution in [2.45, 2.75) is 57.4 Å². The number of anilines is 1. The van der Waals surface area contributed by atoms with Gasteiger partial charge in [0, 0.05) is 5.69 Å². The first-order chi connectivity index (χ1) is 12.0. The van der Waals surface area contributed by atoms with Crippen LogP contribution < -0.4 is 10.6 Å². The van der Waals surface area contributed by atoms with Crippen molar-refractivity contribution >= 4 is 23.5 Å². The number of carbonyl (C=O) groups is 3. The Morgan fingerprint density at radius 2 is 1.76 bits per heavy atom.